The van der Waals surface area contributed by atoms with Crippen LogP contribution in [0.15, 0.2) is 53.0 Å². The predicted molar refractivity (Wildman–Crippen MR) is 101 cm³/mol. The Morgan fingerprint density at radius 3 is 2.54 bits per heavy atom. The van der Waals surface area contributed by atoms with E-state index < -0.39 is 5.97 Å². The van der Waals surface area contributed by atoms with Crippen LogP contribution in [0.4, 0.5) is 0 Å². The Kier molecular flexibility index (Phi) is 7.07. The first-order valence-electron chi connectivity index (χ1n) is 8.04. The molecule has 0 saturated carbocycles. The first-order valence-corrected chi connectivity index (χ1v) is 8.84. The van der Waals surface area contributed by atoms with E-state index >= 15 is 0 Å². The molecule has 2 aromatic carbocycles. The van der Waals surface area contributed by atoms with Crippen LogP contribution in [0.3, 0.4) is 0 Å². The zero-order chi connectivity index (χ0) is 17.4. The first-order chi connectivity index (χ1) is 11.6. The highest BCUT2D eigenvalue weighted by Gasteiger charge is 2.10. The summed E-state index contributed by atoms with van der Waals surface area (Å²) in [5.74, 6) is -0.169. The topological polar surface area (TPSA) is 46.5 Å². The van der Waals surface area contributed by atoms with Gasteiger partial charge in [0.1, 0.15) is 5.75 Å². The van der Waals surface area contributed by atoms with E-state index in [0.717, 1.165) is 35.0 Å². The largest absolute Gasteiger partial charge is 0.492 e. The first kappa shape index (κ1) is 18.3. The van der Waals surface area contributed by atoms with E-state index in [0.29, 0.717) is 12.2 Å². The van der Waals surface area contributed by atoms with Crippen LogP contribution in [0, 0.1) is 0 Å². The third kappa shape index (κ3) is 5.24. The zero-order valence-corrected chi connectivity index (χ0v) is 15.3. The molecule has 0 aliphatic heterocycles. The molecule has 0 spiro atoms. The fraction of sp³-hybridized carbons (Fsp3) is 0.250. The number of carboxylic acid groups (broad SMARTS) is 1. The number of halogens is 1. The second-order valence-corrected chi connectivity index (χ2v) is 6.33. The number of rotatable bonds is 8. The van der Waals surface area contributed by atoms with Crippen LogP contribution in [-0.4, -0.2) is 17.7 Å². The van der Waals surface area contributed by atoms with Crippen LogP contribution in [0.25, 0.3) is 11.6 Å². The maximum atomic E-state index is 11.6. The normalized spacial score (nSPS) is 11.3. The van der Waals surface area contributed by atoms with Crippen LogP contribution in [0.5, 0.6) is 5.75 Å². The molecule has 126 valence electrons. The number of carbonyl (C=O) groups is 1. The third-order valence-electron chi connectivity index (χ3n) is 3.59. The summed E-state index contributed by atoms with van der Waals surface area (Å²) in [5.41, 5.74) is 1.75. The molecule has 0 unspecified atom stereocenters. The van der Waals surface area contributed by atoms with Gasteiger partial charge in [0.25, 0.3) is 0 Å². The molecule has 0 amide bonds. The lowest BCUT2D eigenvalue weighted by Crippen LogP contribution is -2.00. The summed E-state index contributed by atoms with van der Waals surface area (Å²) in [6.07, 6.45) is 5.01. The minimum absolute atomic E-state index is 0.263. The van der Waals surface area contributed by atoms with Crippen LogP contribution in [-0.2, 0) is 4.79 Å². The minimum Gasteiger partial charge on any atom is -0.492 e. The van der Waals surface area contributed by atoms with Gasteiger partial charge in [0.15, 0.2) is 0 Å². The van der Waals surface area contributed by atoms with Crippen molar-refractivity contribution >= 4 is 33.5 Å². The van der Waals surface area contributed by atoms with Crippen molar-refractivity contribution in [2.75, 3.05) is 6.61 Å². The Bertz CT molecular complexity index is 708. The lowest BCUT2D eigenvalue weighted by molar-refractivity contribution is -0.130. The monoisotopic (exact) mass is 388 g/mol. The maximum absolute atomic E-state index is 11.6. The van der Waals surface area contributed by atoms with Crippen LogP contribution in [0.1, 0.15) is 37.3 Å². The standard InChI is InChI=1S/C20H21BrO3/c1-2-3-7-12-24-19-11-10-15(14-18(19)21)13-17(20(22)23)16-8-5-4-6-9-16/h4-6,8-11,13-14H,2-3,7,12H2,1H3,(H,22,23)/b17-13+. The Balaban J connectivity index is 2.19. The molecule has 24 heavy (non-hydrogen) atoms. The van der Waals surface area contributed by atoms with Gasteiger partial charge in [-0.2, -0.15) is 0 Å². The Morgan fingerprint density at radius 1 is 1.17 bits per heavy atom. The van der Waals surface area contributed by atoms with Gasteiger partial charge < -0.3 is 9.84 Å². The summed E-state index contributed by atoms with van der Waals surface area (Å²) >= 11 is 3.50. The number of aliphatic carboxylic acids is 1. The average Bonchev–Trinajstić information content (AvgIpc) is 2.58. The van der Waals surface area contributed by atoms with Crippen LogP contribution >= 0.6 is 15.9 Å². The van der Waals surface area contributed by atoms with E-state index in [9.17, 15) is 9.90 Å². The molecule has 0 bridgehead atoms. The van der Waals surface area contributed by atoms with Crippen molar-refractivity contribution in [3.05, 3.63) is 64.1 Å². The van der Waals surface area contributed by atoms with Crippen molar-refractivity contribution in [3.8, 4) is 5.75 Å². The van der Waals surface area contributed by atoms with E-state index in [4.69, 9.17) is 4.74 Å². The minimum atomic E-state index is -0.947. The fourth-order valence-electron chi connectivity index (χ4n) is 2.31. The molecular weight excluding hydrogens is 368 g/mol. The van der Waals surface area contributed by atoms with Crippen molar-refractivity contribution in [1.29, 1.82) is 0 Å². The van der Waals surface area contributed by atoms with Crippen molar-refractivity contribution in [2.45, 2.75) is 26.2 Å². The van der Waals surface area contributed by atoms with Crippen molar-refractivity contribution in [1.82, 2.24) is 0 Å². The van der Waals surface area contributed by atoms with Gasteiger partial charge in [-0.15, -0.1) is 0 Å². The van der Waals surface area contributed by atoms with Gasteiger partial charge in [0.05, 0.1) is 16.7 Å². The number of carboxylic acids is 1. The lowest BCUT2D eigenvalue weighted by Gasteiger charge is -2.09. The smallest absolute Gasteiger partial charge is 0.336 e. The molecule has 3 nitrogen and oxygen atoms in total. The average molecular weight is 389 g/mol. The van der Waals surface area contributed by atoms with Crippen molar-refractivity contribution in [3.63, 3.8) is 0 Å². The lowest BCUT2D eigenvalue weighted by atomic mass is 10.0. The maximum Gasteiger partial charge on any atom is 0.336 e. The molecule has 0 aliphatic carbocycles. The number of ether oxygens (including phenoxy) is 1. The van der Waals surface area contributed by atoms with E-state index in [2.05, 4.69) is 22.9 Å². The third-order valence-corrected chi connectivity index (χ3v) is 4.21. The molecular formula is C20H21BrO3. The number of unbranched alkanes of at least 4 members (excludes halogenated alkanes) is 2. The Hall–Kier alpha value is -2.07. The van der Waals surface area contributed by atoms with Crippen molar-refractivity contribution < 1.29 is 14.6 Å². The summed E-state index contributed by atoms with van der Waals surface area (Å²) in [6.45, 7) is 2.84. The summed E-state index contributed by atoms with van der Waals surface area (Å²) in [7, 11) is 0. The molecule has 0 aliphatic rings. The quantitative estimate of drug-likeness (QED) is 0.361. The van der Waals surface area contributed by atoms with Crippen LogP contribution < -0.4 is 4.74 Å². The summed E-state index contributed by atoms with van der Waals surface area (Å²) in [6, 6.07) is 14.7. The van der Waals surface area contributed by atoms with Gasteiger partial charge in [0, 0.05) is 0 Å². The highest BCUT2D eigenvalue weighted by molar-refractivity contribution is 9.10. The van der Waals surface area contributed by atoms with Gasteiger partial charge in [-0.3, -0.25) is 0 Å². The molecule has 0 radical (unpaired) electrons. The Morgan fingerprint density at radius 2 is 1.92 bits per heavy atom. The molecule has 0 heterocycles. The van der Waals surface area contributed by atoms with Crippen LogP contribution in [0.2, 0.25) is 0 Å². The molecule has 0 saturated heterocycles. The zero-order valence-electron chi connectivity index (χ0n) is 13.7. The van der Waals surface area contributed by atoms with E-state index in [1.807, 2.05) is 36.4 Å². The highest BCUT2D eigenvalue weighted by atomic mass is 79.9. The number of benzene rings is 2. The van der Waals surface area contributed by atoms with Gasteiger partial charge in [-0.05, 0) is 51.7 Å². The second kappa shape index (κ2) is 9.28. The molecule has 1 N–H and O–H groups in total. The van der Waals surface area contributed by atoms with E-state index in [-0.39, 0.29) is 5.57 Å². The van der Waals surface area contributed by atoms with Gasteiger partial charge in [0.2, 0.25) is 0 Å². The van der Waals surface area contributed by atoms with Crippen molar-refractivity contribution in [2.24, 2.45) is 0 Å². The molecule has 0 atom stereocenters. The van der Waals surface area contributed by atoms with Gasteiger partial charge in [-0.25, -0.2) is 4.79 Å². The van der Waals surface area contributed by atoms with Gasteiger partial charge in [-0.1, -0.05) is 56.2 Å². The predicted octanol–water partition coefficient (Wildman–Crippen LogP) is 5.64. The van der Waals surface area contributed by atoms with E-state index in [1.54, 1.807) is 18.2 Å². The summed E-state index contributed by atoms with van der Waals surface area (Å²) < 4.78 is 6.57. The summed E-state index contributed by atoms with van der Waals surface area (Å²) in [4.78, 5) is 11.6. The second-order valence-electron chi connectivity index (χ2n) is 5.47. The molecule has 2 aromatic rings. The SMILES string of the molecule is CCCCCOc1ccc(/C=C(/C(=O)O)c2ccccc2)cc1Br. The fourth-order valence-corrected chi connectivity index (χ4v) is 2.82. The number of hydrogen-bond acceptors (Lipinski definition) is 2. The molecule has 0 aromatic heterocycles. The van der Waals surface area contributed by atoms with Gasteiger partial charge >= 0.3 is 5.97 Å². The molecule has 0 fully saturated rings. The summed E-state index contributed by atoms with van der Waals surface area (Å²) in [5, 5.41) is 9.47. The number of hydrogen-bond donors (Lipinski definition) is 1. The molecule has 2 rings (SSSR count). The van der Waals surface area contributed by atoms with E-state index in [1.165, 1.54) is 0 Å². The highest BCUT2D eigenvalue weighted by Crippen LogP contribution is 2.28. The Labute approximate surface area is 151 Å². The molecule has 4 heteroatoms.